The summed E-state index contributed by atoms with van der Waals surface area (Å²) in [5, 5.41) is 8.94. The second-order valence-corrected chi connectivity index (χ2v) is 4.59. The first kappa shape index (κ1) is 9.55. The molecule has 0 saturated carbocycles. The Hall–Kier alpha value is -1.00. The fourth-order valence-corrected chi connectivity index (χ4v) is 2.71. The second-order valence-electron chi connectivity index (χ2n) is 2.88. The van der Waals surface area contributed by atoms with Gasteiger partial charge in [-0.3, -0.25) is 0 Å². The molecule has 0 saturated heterocycles. The van der Waals surface area contributed by atoms with Gasteiger partial charge in [-0.05, 0) is 19.1 Å². The molecule has 1 N–H and O–H groups in total. The van der Waals surface area contributed by atoms with E-state index < -0.39 is 5.97 Å². The highest BCUT2D eigenvalue weighted by Crippen LogP contribution is 2.32. The molecule has 3 nitrogen and oxygen atoms in total. The van der Waals surface area contributed by atoms with E-state index >= 15 is 0 Å². The smallest absolute Gasteiger partial charge is 0.352 e. The number of nitrogens with zero attached hydrogens (tertiary/aromatic N) is 1. The number of aromatic nitrogens is 1. The van der Waals surface area contributed by atoms with Gasteiger partial charge in [0.15, 0.2) is 0 Å². The van der Waals surface area contributed by atoms with Gasteiger partial charge < -0.3 is 9.67 Å². The van der Waals surface area contributed by atoms with Crippen LogP contribution >= 0.6 is 22.9 Å². The summed E-state index contributed by atoms with van der Waals surface area (Å²) in [4.78, 5) is 10.9. The molecule has 2 rings (SSSR count). The molecule has 0 aliphatic carbocycles. The molecule has 0 fully saturated rings. The summed E-state index contributed by atoms with van der Waals surface area (Å²) in [5.74, 6) is -0.897. The van der Waals surface area contributed by atoms with Crippen LogP contribution in [-0.4, -0.2) is 15.6 Å². The molecule has 0 radical (unpaired) electrons. The number of aromatic carboxylic acids is 1. The van der Waals surface area contributed by atoms with E-state index in [9.17, 15) is 4.79 Å². The van der Waals surface area contributed by atoms with E-state index in [2.05, 4.69) is 0 Å². The molecule has 0 aliphatic rings. The Kier molecular flexibility index (Phi) is 2.25. The molecule has 0 aromatic carbocycles. The Labute approximate surface area is 89.5 Å². The topological polar surface area (TPSA) is 42.2 Å². The monoisotopic (exact) mass is 229 g/mol. The van der Waals surface area contributed by atoms with Crippen LogP contribution in [0.1, 0.15) is 17.4 Å². The van der Waals surface area contributed by atoms with Crippen molar-refractivity contribution in [3.05, 3.63) is 22.2 Å². The Balaban J connectivity index is 2.74. The van der Waals surface area contributed by atoms with Crippen LogP contribution in [0.3, 0.4) is 0 Å². The van der Waals surface area contributed by atoms with E-state index in [4.69, 9.17) is 16.7 Å². The Bertz CT molecular complexity index is 500. The molecule has 2 aromatic rings. The second kappa shape index (κ2) is 3.29. The molecule has 0 amide bonds. The quantitative estimate of drug-likeness (QED) is 0.860. The van der Waals surface area contributed by atoms with E-state index in [1.807, 2.05) is 6.92 Å². The molecule has 0 spiro atoms. The van der Waals surface area contributed by atoms with Crippen LogP contribution in [0.5, 0.6) is 0 Å². The van der Waals surface area contributed by atoms with Crippen molar-refractivity contribution in [1.82, 2.24) is 4.57 Å². The van der Waals surface area contributed by atoms with E-state index in [-0.39, 0.29) is 0 Å². The molecule has 5 heteroatoms. The maximum absolute atomic E-state index is 10.9. The maximum Gasteiger partial charge on any atom is 0.352 e. The largest absolute Gasteiger partial charge is 0.477 e. The third-order valence-corrected chi connectivity index (χ3v) is 3.30. The standard InChI is InChI=1S/C9H8ClNO2S/c1-2-11-5-4-8(10)14-7(5)3-6(11)9(12)13/h3-4H,2H2,1H3,(H,12,13). The molecule has 0 unspecified atom stereocenters. The molecule has 0 bridgehead atoms. The lowest BCUT2D eigenvalue weighted by Crippen LogP contribution is -2.06. The van der Waals surface area contributed by atoms with Crippen LogP contribution in [0.4, 0.5) is 0 Å². The minimum Gasteiger partial charge on any atom is -0.477 e. The molecule has 2 aromatic heterocycles. The van der Waals surface area contributed by atoms with E-state index in [0.717, 1.165) is 10.2 Å². The number of hydrogen-bond acceptors (Lipinski definition) is 2. The zero-order chi connectivity index (χ0) is 10.3. The minimum absolute atomic E-state index is 0.324. The Morgan fingerprint density at radius 3 is 2.93 bits per heavy atom. The lowest BCUT2D eigenvalue weighted by molar-refractivity contribution is 0.0686. The van der Waals surface area contributed by atoms with Gasteiger partial charge in [0, 0.05) is 6.54 Å². The predicted octanol–water partition coefficient (Wildman–Crippen LogP) is 3.07. The Morgan fingerprint density at radius 2 is 2.36 bits per heavy atom. The SMILES string of the molecule is CCn1c(C(=O)O)cc2sc(Cl)cc21. The predicted molar refractivity (Wildman–Crippen MR) is 57.5 cm³/mol. The average molecular weight is 230 g/mol. The summed E-state index contributed by atoms with van der Waals surface area (Å²) in [6.45, 7) is 2.55. The number of rotatable bonds is 2. The van der Waals surface area contributed by atoms with Gasteiger partial charge >= 0.3 is 5.97 Å². The van der Waals surface area contributed by atoms with Gasteiger partial charge in [-0.2, -0.15) is 0 Å². The van der Waals surface area contributed by atoms with Crippen molar-refractivity contribution in [3.8, 4) is 0 Å². The van der Waals surface area contributed by atoms with Crippen LogP contribution in [0.2, 0.25) is 4.34 Å². The Morgan fingerprint density at radius 1 is 1.64 bits per heavy atom. The minimum atomic E-state index is -0.897. The molecule has 0 aliphatic heterocycles. The van der Waals surface area contributed by atoms with E-state index in [1.165, 1.54) is 11.3 Å². The first-order valence-electron chi connectivity index (χ1n) is 4.15. The van der Waals surface area contributed by atoms with Gasteiger partial charge in [0.05, 0.1) is 14.6 Å². The highest BCUT2D eigenvalue weighted by molar-refractivity contribution is 7.22. The average Bonchev–Trinajstić information content (AvgIpc) is 2.59. The third kappa shape index (κ3) is 1.31. The lowest BCUT2D eigenvalue weighted by Gasteiger charge is -2.01. The summed E-state index contributed by atoms with van der Waals surface area (Å²) in [5.41, 5.74) is 1.23. The van der Waals surface area contributed by atoms with Crippen LogP contribution in [0.15, 0.2) is 12.1 Å². The van der Waals surface area contributed by atoms with Crippen molar-refractivity contribution in [3.63, 3.8) is 0 Å². The number of carboxylic acids is 1. The number of hydrogen-bond donors (Lipinski definition) is 1. The summed E-state index contributed by atoms with van der Waals surface area (Å²) in [7, 11) is 0. The third-order valence-electron chi connectivity index (χ3n) is 2.09. The number of aryl methyl sites for hydroxylation is 1. The zero-order valence-corrected chi connectivity index (χ0v) is 9.02. The van der Waals surface area contributed by atoms with Crippen molar-refractivity contribution in [2.75, 3.05) is 0 Å². The highest BCUT2D eigenvalue weighted by Gasteiger charge is 2.15. The normalized spacial score (nSPS) is 11.0. The van der Waals surface area contributed by atoms with Crippen molar-refractivity contribution in [2.45, 2.75) is 13.5 Å². The highest BCUT2D eigenvalue weighted by atomic mass is 35.5. The van der Waals surface area contributed by atoms with Crippen molar-refractivity contribution >= 4 is 39.1 Å². The summed E-state index contributed by atoms with van der Waals surface area (Å²) >= 11 is 7.24. The van der Waals surface area contributed by atoms with Crippen molar-refractivity contribution in [2.24, 2.45) is 0 Å². The molecule has 74 valence electrons. The van der Waals surface area contributed by atoms with Gasteiger partial charge in [0.2, 0.25) is 0 Å². The summed E-state index contributed by atoms with van der Waals surface area (Å²) in [6, 6.07) is 3.47. The van der Waals surface area contributed by atoms with Gasteiger partial charge in [-0.1, -0.05) is 11.6 Å². The van der Waals surface area contributed by atoms with Crippen LogP contribution in [0.25, 0.3) is 10.2 Å². The number of fused-ring (bicyclic) bond motifs is 1. The lowest BCUT2D eigenvalue weighted by atomic mass is 10.4. The van der Waals surface area contributed by atoms with Crippen LogP contribution < -0.4 is 0 Å². The van der Waals surface area contributed by atoms with Gasteiger partial charge in [-0.25, -0.2) is 4.79 Å². The molecular formula is C9H8ClNO2S. The molecule has 2 heterocycles. The van der Waals surface area contributed by atoms with Crippen molar-refractivity contribution < 1.29 is 9.90 Å². The van der Waals surface area contributed by atoms with E-state index in [0.29, 0.717) is 16.6 Å². The number of carbonyl (C=O) groups is 1. The van der Waals surface area contributed by atoms with Crippen molar-refractivity contribution in [1.29, 1.82) is 0 Å². The number of thiophene rings is 1. The zero-order valence-electron chi connectivity index (χ0n) is 7.45. The first-order valence-corrected chi connectivity index (χ1v) is 5.34. The summed E-state index contributed by atoms with van der Waals surface area (Å²) in [6.07, 6.45) is 0. The van der Waals surface area contributed by atoms with Crippen LogP contribution in [-0.2, 0) is 6.54 Å². The van der Waals surface area contributed by atoms with Gasteiger partial charge in [0.25, 0.3) is 0 Å². The van der Waals surface area contributed by atoms with E-state index in [1.54, 1.807) is 16.7 Å². The number of halogens is 1. The molecular weight excluding hydrogens is 222 g/mol. The maximum atomic E-state index is 10.9. The summed E-state index contributed by atoms with van der Waals surface area (Å²) < 4.78 is 3.36. The fourth-order valence-electron chi connectivity index (χ4n) is 1.53. The molecule has 0 atom stereocenters. The van der Waals surface area contributed by atoms with Gasteiger partial charge in [0.1, 0.15) is 5.69 Å². The molecule has 14 heavy (non-hydrogen) atoms. The van der Waals surface area contributed by atoms with Crippen LogP contribution in [0, 0.1) is 0 Å². The fraction of sp³-hybridized carbons (Fsp3) is 0.222. The first-order chi connectivity index (χ1) is 6.63. The van der Waals surface area contributed by atoms with Gasteiger partial charge in [-0.15, -0.1) is 11.3 Å². The number of carboxylic acid groups (broad SMARTS) is 1.